The van der Waals surface area contributed by atoms with Crippen LogP contribution in [-0.4, -0.2) is 13.0 Å². The fourth-order valence-electron chi connectivity index (χ4n) is 2.98. The zero-order valence-corrected chi connectivity index (χ0v) is 13.4. The van der Waals surface area contributed by atoms with Crippen LogP contribution in [0.4, 0.5) is 5.69 Å². The van der Waals surface area contributed by atoms with Gasteiger partial charge < -0.3 is 10.6 Å². The molecular weight excluding hydrogens is 248 g/mol. The molecule has 1 aliphatic rings. The van der Waals surface area contributed by atoms with Crippen LogP contribution in [0.1, 0.15) is 58.2 Å². The van der Waals surface area contributed by atoms with Gasteiger partial charge in [0, 0.05) is 11.7 Å². The van der Waals surface area contributed by atoms with Crippen molar-refractivity contribution >= 4 is 11.6 Å². The summed E-state index contributed by atoms with van der Waals surface area (Å²) in [5, 5.41) is 6.40. The zero-order chi connectivity index (χ0) is 15.1. The SMILES string of the molecule is CCC(C)(C)C(NC)c1ccc2c(c1)C(C)(C)C(=O)N2. The molecule has 110 valence electrons. The molecule has 3 nitrogen and oxygen atoms in total. The fraction of sp³-hybridized carbons (Fsp3) is 0.588. The summed E-state index contributed by atoms with van der Waals surface area (Å²) in [6, 6.07) is 6.63. The first kappa shape index (κ1) is 15.0. The van der Waals surface area contributed by atoms with E-state index in [0.717, 1.165) is 17.7 Å². The average Bonchev–Trinajstić information content (AvgIpc) is 2.61. The number of nitrogens with one attached hydrogen (secondary N) is 2. The van der Waals surface area contributed by atoms with E-state index in [0.29, 0.717) is 0 Å². The van der Waals surface area contributed by atoms with Crippen molar-refractivity contribution in [1.82, 2.24) is 5.32 Å². The largest absolute Gasteiger partial charge is 0.325 e. The van der Waals surface area contributed by atoms with Gasteiger partial charge in [0.2, 0.25) is 5.91 Å². The van der Waals surface area contributed by atoms with Crippen molar-refractivity contribution in [3.63, 3.8) is 0 Å². The Kier molecular flexibility index (Phi) is 3.67. The normalized spacial score (nSPS) is 18.6. The molecule has 0 radical (unpaired) electrons. The monoisotopic (exact) mass is 274 g/mol. The third-order valence-corrected chi connectivity index (χ3v) is 4.85. The molecule has 0 bridgehead atoms. The number of benzene rings is 1. The Balaban J connectivity index is 2.47. The molecule has 2 rings (SSSR count). The van der Waals surface area contributed by atoms with Gasteiger partial charge in [-0.2, -0.15) is 0 Å². The Morgan fingerprint density at radius 1 is 1.35 bits per heavy atom. The maximum absolute atomic E-state index is 12.0. The molecule has 0 aliphatic carbocycles. The predicted molar refractivity (Wildman–Crippen MR) is 84.0 cm³/mol. The van der Waals surface area contributed by atoms with Gasteiger partial charge in [-0.25, -0.2) is 0 Å². The number of anilines is 1. The summed E-state index contributed by atoms with van der Waals surface area (Å²) >= 11 is 0. The van der Waals surface area contributed by atoms with Gasteiger partial charge in [0.1, 0.15) is 0 Å². The number of carbonyl (C=O) groups excluding carboxylic acids is 1. The molecule has 1 aromatic carbocycles. The minimum atomic E-state index is -0.444. The van der Waals surface area contributed by atoms with Gasteiger partial charge in [-0.05, 0) is 49.9 Å². The van der Waals surface area contributed by atoms with Crippen molar-refractivity contribution in [2.75, 3.05) is 12.4 Å². The quantitative estimate of drug-likeness (QED) is 0.880. The minimum absolute atomic E-state index is 0.0837. The summed E-state index contributed by atoms with van der Waals surface area (Å²) in [6.45, 7) is 10.7. The van der Waals surface area contributed by atoms with Crippen molar-refractivity contribution in [2.24, 2.45) is 5.41 Å². The number of hydrogen-bond acceptors (Lipinski definition) is 2. The number of rotatable bonds is 4. The number of hydrogen-bond donors (Lipinski definition) is 2. The molecule has 1 atom stereocenters. The molecule has 0 saturated heterocycles. The van der Waals surface area contributed by atoms with Crippen LogP contribution in [0.25, 0.3) is 0 Å². The number of fused-ring (bicyclic) bond motifs is 1. The number of amides is 1. The van der Waals surface area contributed by atoms with Crippen LogP contribution in [0.15, 0.2) is 18.2 Å². The van der Waals surface area contributed by atoms with E-state index in [2.05, 4.69) is 43.5 Å². The minimum Gasteiger partial charge on any atom is -0.325 e. The molecule has 0 saturated carbocycles. The maximum atomic E-state index is 12.0. The molecule has 2 N–H and O–H groups in total. The van der Waals surface area contributed by atoms with E-state index in [-0.39, 0.29) is 17.4 Å². The standard InChI is InChI=1S/C17H26N2O/c1-7-16(2,3)14(18-6)11-8-9-13-12(10-11)17(4,5)15(20)19-13/h8-10,14,18H,7H2,1-6H3,(H,19,20). The molecule has 1 amide bonds. The van der Waals surface area contributed by atoms with E-state index in [4.69, 9.17) is 0 Å². The lowest BCUT2D eigenvalue weighted by molar-refractivity contribution is -0.119. The number of carbonyl (C=O) groups is 1. The third kappa shape index (κ3) is 2.24. The van der Waals surface area contributed by atoms with Gasteiger partial charge in [-0.3, -0.25) is 4.79 Å². The predicted octanol–water partition coefficient (Wildman–Crippen LogP) is 3.61. The van der Waals surface area contributed by atoms with Crippen LogP contribution in [0.3, 0.4) is 0 Å². The van der Waals surface area contributed by atoms with E-state index in [1.54, 1.807) is 0 Å². The first-order chi connectivity index (χ1) is 9.24. The second-order valence-corrected chi connectivity index (χ2v) is 6.95. The van der Waals surface area contributed by atoms with E-state index >= 15 is 0 Å². The highest BCUT2D eigenvalue weighted by Crippen LogP contribution is 2.42. The molecule has 1 unspecified atom stereocenters. The van der Waals surface area contributed by atoms with E-state index < -0.39 is 5.41 Å². The summed E-state index contributed by atoms with van der Waals surface area (Å²) in [5.74, 6) is 0.0837. The van der Waals surface area contributed by atoms with Crippen molar-refractivity contribution in [3.8, 4) is 0 Å². The topological polar surface area (TPSA) is 41.1 Å². The first-order valence-corrected chi connectivity index (χ1v) is 7.37. The molecule has 20 heavy (non-hydrogen) atoms. The van der Waals surface area contributed by atoms with Crippen LogP contribution in [0, 0.1) is 5.41 Å². The Morgan fingerprint density at radius 2 is 2.00 bits per heavy atom. The van der Waals surface area contributed by atoms with Crippen LogP contribution < -0.4 is 10.6 Å². The smallest absolute Gasteiger partial charge is 0.234 e. The fourth-order valence-corrected chi connectivity index (χ4v) is 2.98. The zero-order valence-electron chi connectivity index (χ0n) is 13.4. The van der Waals surface area contributed by atoms with Crippen LogP contribution >= 0.6 is 0 Å². The molecule has 0 aromatic heterocycles. The highest BCUT2D eigenvalue weighted by Gasteiger charge is 2.39. The summed E-state index contributed by atoms with van der Waals surface area (Å²) in [5.41, 5.74) is 3.03. The lowest BCUT2D eigenvalue weighted by Crippen LogP contribution is -2.32. The maximum Gasteiger partial charge on any atom is 0.234 e. The molecule has 0 fully saturated rings. The molecule has 3 heteroatoms. The van der Waals surface area contributed by atoms with Gasteiger partial charge in [-0.1, -0.05) is 32.9 Å². The van der Waals surface area contributed by atoms with E-state index in [9.17, 15) is 4.79 Å². The van der Waals surface area contributed by atoms with Crippen LogP contribution in [0.5, 0.6) is 0 Å². The van der Waals surface area contributed by atoms with Crippen LogP contribution in [0.2, 0.25) is 0 Å². The van der Waals surface area contributed by atoms with Gasteiger partial charge in [0.05, 0.1) is 5.41 Å². The summed E-state index contributed by atoms with van der Waals surface area (Å²) in [4.78, 5) is 12.0. The van der Waals surface area contributed by atoms with Gasteiger partial charge in [0.15, 0.2) is 0 Å². The van der Waals surface area contributed by atoms with Crippen molar-refractivity contribution in [2.45, 2.75) is 52.5 Å². The molecule has 1 aliphatic heterocycles. The average molecular weight is 274 g/mol. The highest BCUT2D eigenvalue weighted by atomic mass is 16.2. The second kappa shape index (κ2) is 4.88. The Bertz CT molecular complexity index is 532. The third-order valence-electron chi connectivity index (χ3n) is 4.85. The Labute approximate surface area is 122 Å². The van der Waals surface area contributed by atoms with Crippen molar-refractivity contribution < 1.29 is 4.79 Å². The second-order valence-electron chi connectivity index (χ2n) is 6.95. The lowest BCUT2D eigenvalue weighted by atomic mass is 9.76. The summed E-state index contributed by atoms with van der Waals surface area (Å²) < 4.78 is 0. The van der Waals surface area contributed by atoms with Crippen molar-refractivity contribution in [3.05, 3.63) is 29.3 Å². The molecule has 0 spiro atoms. The van der Waals surface area contributed by atoms with Gasteiger partial charge in [0.25, 0.3) is 0 Å². The van der Waals surface area contributed by atoms with E-state index in [1.807, 2.05) is 27.0 Å². The van der Waals surface area contributed by atoms with Gasteiger partial charge >= 0.3 is 0 Å². The highest BCUT2D eigenvalue weighted by molar-refractivity contribution is 6.05. The van der Waals surface area contributed by atoms with Crippen molar-refractivity contribution in [1.29, 1.82) is 0 Å². The first-order valence-electron chi connectivity index (χ1n) is 7.37. The summed E-state index contributed by atoms with van der Waals surface area (Å²) in [6.07, 6.45) is 1.09. The van der Waals surface area contributed by atoms with Crippen LogP contribution in [-0.2, 0) is 10.2 Å². The summed E-state index contributed by atoms with van der Waals surface area (Å²) in [7, 11) is 2.00. The van der Waals surface area contributed by atoms with Gasteiger partial charge in [-0.15, -0.1) is 0 Å². The molecule has 1 aromatic rings. The molecular formula is C17H26N2O. The Hall–Kier alpha value is -1.35. The Morgan fingerprint density at radius 3 is 2.55 bits per heavy atom. The lowest BCUT2D eigenvalue weighted by Gasteiger charge is -2.34. The van der Waals surface area contributed by atoms with E-state index in [1.165, 1.54) is 5.56 Å². The molecule has 1 heterocycles.